The van der Waals surface area contributed by atoms with E-state index in [9.17, 15) is 0 Å². The lowest BCUT2D eigenvalue weighted by atomic mass is 10.2. The normalized spacial score (nSPS) is 10.5. The zero-order chi connectivity index (χ0) is 15.8. The zero-order valence-corrected chi connectivity index (χ0v) is 13.2. The predicted octanol–water partition coefficient (Wildman–Crippen LogP) is 4.04. The molecule has 4 heteroatoms. The molecule has 0 unspecified atom stereocenters. The van der Waals surface area contributed by atoms with Crippen molar-refractivity contribution >= 4 is 0 Å². The van der Waals surface area contributed by atoms with Gasteiger partial charge in [-0.2, -0.15) is 0 Å². The van der Waals surface area contributed by atoms with E-state index >= 15 is 0 Å². The molecule has 22 heavy (non-hydrogen) atoms. The summed E-state index contributed by atoms with van der Waals surface area (Å²) in [6, 6.07) is 15.5. The third kappa shape index (κ3) is 4.97. The molecule has 0 amide bonds. The number of hydrogen-bond donors (Lipinski definition) is 0. The van der Waals surface area contributed by atoms with E-state index in [1.165, 1.54) is 0 Å². The fraction of sp³-hybridized carbons (Fsp3) is 0.333. The molecule has 4 nitrogen and oxygen atoms in total. The van der Waals surface area contributed by atoms with Crippen LogP contribution in [-0.2, 0) is 11.3 Å². The molecule has 0 heterocycles. The third-order valence-electron chi connectivity index (χ3n) is 2.86. The highest BCUT2D eigenvalue weighted by Gasteiger charge is 2.10. The molecule has 2 aromatic rings. The van der Waals surface area contributed by atoms with Gasteiger partial charge in [-0.1, -0.05) is 30.3 Å². The first-order valence-electron chi connectivity index (χ1n) is 7.28. The Balaban J connectivity index is 2.13. The molecule has 0 aromatic heterocycles. The molecule has 2 aromatic carbocycles. The second-order valence-corrected chi connectivity index (χ2v) is 5.10. The molecule has 0 radical (unpaired) electrons. The van der Waals surface area contributed by atoms with E-state index in [0.717, 1.165) is 5.56 Å². The van der Waals surface area contributed by atoms with Gasteiger partial charge in [0.25, 0.3) is 0 Å². The van der Waals surface area contributed by atoms with Crippen LogP contribution in [0.4, 0.5) is 0 Å². The lowest BCUT2D eigenvalue weighted by Crippen LogP contribution is -2.08. The number of rotatable bonds is 8. The maximum atomic E-state index is 5.90. The lowest BCUT2D eigenvalue weighted by Gasteiger charge is -2.16. The van der Waals surface area contributed by atoms with E-state index in [0.29, 0.717) is 23.9 Å². The van der Waals surface area contributed by atoms with Gasteiger partial charge < -0.3 is 18.9 Å². The molecule has 0 atom stereocenters. The Hall–Kier alpha value is -2.20. The highest BCUT2D eigenvalue weighted by molar-refractivity contribution is 5.45. The van der Waals surface area contributed by atoms with Crippen molar-refractivity contribution in [2.75, 3.05) is 13.9 Å². The minimum Gasteiger partial charge on any atom is -0.487 e. The van der Waals surface area contributed by atoms with Crippen LogP contribution in [0.15, 0.2) is 48.5 Å². The van der Waals surface area contributed by atoms with Gasteiger partial charge in [0, 0.05) is 13.2 Å². The Morgan fingerprint density at radius 1 is 0.909 bits per heavy atom. The molecule has 2 rings (SSSR count). The van der Waals surface area contributed by atoms with Gasteiger partial charge in [0.15, 0.2) is 18.3 Å². The Labute approximate surface area is 131 Å². The Morgan fingerprint density at radius 3 is 2.36 bits per heavy atom. The average molecular weight is 302 g/mol. The summed E-state index contributed by atoms with van der Waals surface area (Å²) in [6.45, 7) is 4.64. The summed E-state index contributed by atoms with van der Waals surface area (Å²) in [6.07, 6.45) is 0.0739. The second-order valence-electron chi connectivity index (χ2n) is 5.10. The highest BCUT2D eigenvalue weighted by atomic mass is 16.7. The minimum atomic E-state index is 0.0739. The third-order valence-corrected chi connectivity index (χ3v) is 2.86. The quantitative estimate of drug-likeness (QED) is 0.690. The van der Waals surface area contributed by atoms with E-state index in [-0.39, 0.29) is 12.9 Å². The fourth-order valence-corrected chi connectivity index (χ4v) is 1.90. The Kier molecular flexibility index (Phi) is 6.10. The van der Waals surface area contributed by atoms with Crippen LogP contribution in [-0.4, -0.2) is 20.0 Å². The summed E-state index contributed by atoms with van der Waals surface area (Å²) in [4.78, 5) is 0. The highest BCUT2D eigenvalue weighted by Crippen LogP contribution is 2.33. The number of benzene rings is 2. The Morgan fingerprint density at radius 2 is 1.68 bits per heavy atom. The van der Waals surface area contributed by atoms with Crippen LogP contribution >= 0.6 is 0 Å². The number of methoxy groups -OCH3 is 1. The molecule has 0 aliphatic rings. The molecule has 0 saturated heterocycles. The van der Waals surface area contributed by atoms with Gasteiger partial charge in [-0.3, -0.25) is 0 Å². The van der Waals surface area contributed by atoms with Crippen molar-refractivity contribution in [1.29, 1.82) is 0 Å². The van der Waals surface area contributed by atoms with Gasteiger partial charge in [-0.15, -0.1) is 0 Å². The monoisotopic (exact) mass is 302 g/mol. The maximum Gasteiger partial charge on any atom is 0.188 e. The van der Waals surface area contributed by atoms with Gasteiger partial charge in [-0.25, -0.2) is 0 Å². The smallest absolute Gasteiger partial charge is 0.188 e. The van der Waals surface area contributed by atoms with Crippen molar-refractivity contribution in [3.8, 4) is 17.2 Å². The molecule has 118 valence electrons. The van der Waals surface area contributed by atoms with Gasteiger partial charge in [0.05, 0.1) is 6.10 Å². The van der Waals surface area contributed by atoms with E-state index in [1.807, 2.05) is 62.4 Å². The predicted molar refractivity (Wildman–Crippen MR) is 85.5 cm³/mol. The van der Waals surface area contributed by atoms with Crippen LogP contribution in [0.5, 0.6) is 17.2 Å². The molecule has 0 aliphatic carbocycles. The number of ether oxygens (including phenoxy) is 4. The van der Waals surface area contributed by atoms with Gasteiger partial charge in [0.1, 0.15) is 12.4 Å². The maximum absolute atomic E-state index is 5.90. The summed E-state index contributed by atoms with van der Waals surface area (Å²) >= 11 is 0. The molecular weight excluding hydrogens is 280 g/mol. The molecular formula is C18H22O4. The standard InChI is InChI=1S/C18H22O4/c1-14(2)22-17-10-9-16(21-13-19-3)11-18(17)20-12-15-7-5-4-6-8-15/h4-11,14H,12-13H2,1-3H3. The molecule has 0 saturated carbocycles. The van der Waals surface area contributed by atoms with E-state index in [2.05, 4.69) is 0 Å². The van der Waals surface area contributed by atoms with E-state index in [4.69, 9.17) is 18.9 Å². The molecule has 0 aliphatic heterocycles. The average Bonchev–Trinajstić information content (AvgIpc) is 2.53. The molecule has 0 N–H and O–H groups in total. The van der Waals surface area contributed by atoms with Crippen molar-refractivity contribution in [3.63, 3.8) is 0 Å². The summed E-state index contributed by atoms with van der Waals surface area (Å²) in [5.74, 6) is 2.04. The first kappa shape index (κ1) is 16.2. The molecule has 0 bridgehead atoms. The SMILES string of the molecule is COCOc1ccc(OC(C)C)c(OCc2ccccc2)c1. The first-order valence-corrected chi connectivity index (χ1v) is 7.28. The summed E-state index contributed by atoms with van der Waals surface area (Å²) in [7, 11) is 1.59. The summed E-state index contributed by atoms with van der Waals surface area (Å²) < 4.78 is 22.0. The largest absolute Gasteiger partial charge is 0.487 e. The van der Waals surface area contributed by atoms with Crippen molar-refractivity contribution in [2.24, 2.45) is 0 Å². The van der Waals surface area contributed by atoms with Crippen LogP contribution in [0.2, 0.25) is 0 Å². The van der Waals surface area contributed by atoms with Gasteiger partial charge >= 0.3 is 0 Å². The van der Waals surface area contributed by atoms with Crippen molar-refractivity contribution in [2.45, 2.75) is 26.6 Å². The van der Waals surface area contributed by atoms with Crippen LogP contribution in [0, 0.1) is 0 Å². The summed E-state index contributed by atoms with van der Waals surface area (Å²) in [5.41, 5.74) is 1.10. The van der Waals surface area contributed by atoms with E-state index < -0.39 is 0 Å². The van der Waals surface area contributed by atoms with E-state index in [1.54, 1.807) is 7.11 Å². The second kappa shape index (κ2) is 8.29. The topological polar surface area (TPSA) is 36.9 Å². The first-order chi connectivity index (χ1) is 10.7. The lowest BCUT2D eigenvalue weighted by molar-refractivity contribution is 0.0508. The Bertz CT molecular complexity index is 567. The molecule has 0 fully saturated rings. The van der Waals surface area contributed by atoms with Gasteiger partial charge in [-0.05, 0) is 31.5 Å². The molecule has 0 spiro atoms. The van der Waals surface area contributed by atoms with Crippen LogP contribution in [0.3, 0.4) is 0 Å². The zero-order valence-electron chi connectivity index (χ0n) is 13.2. The van der Waals surface area contributed by atoms with Crippen molar-refractivity contribution in [1.82, 2.24) is 0 Å². The number of hydrogen-bond acceptors (Lipinski definition) is 4. The fourth-order valence-electron chi connectivity index (χ4n) is 1.90. The minimum absolute atomic E-state index is 0.0739. The van der Waals surface area contributed by atoms with Crippen molar-refractivity contribution in [3.05, 3.63) is 54.1 Å². The van der Waals surface area contributed by atoms with Crippen molar-refractivity contribution < 1.29 is 18.9 Å². The summed E-state index contributed by atoms with van der Waals surface area (Å²) in [5, 5.41) is 0. The van der Waals surface area contributed by atoms with Crippen LogP contribution in [0.25, 0.3) is 0 Å². The van der Waals surface area contributed by atoms with Gasteiger partial charge in [0.2, 0.25) is 0 Å². The van der Waals surface area contributed by atoms with Crippen LogP contribution in [0.1, 0.15) is 19.4 Å². The van der Waals surface area contributed by atoms with Crippen LogP contribution < -0.4 is 14.2 Å².